The van der Waals surface area contributed by atoms with Gasteiger partial charge >= 0.3 is 0 Å². The van der Waals surface area contributed by atoms with E-state index in [9.17, 15) is 4.79 Å². The van der Waals surface area contributed by atoms with E-state index < -0.39 is 0 Å². The lowest BCUT2D eigenvalue weighted by atomic mass is 9.95. The van der Waals surface area contributed by atoms with Crippen LogP contribution >= 0.6 is 35.5 Å². The number of benzene rings is 2. The van der Waals surface area contributed by atoms with Gasteiger partial charge in [-0.15, -0.1) is 33.9 Å². The van der Waals surface area contributed by atoms with Gasteiger partial charge in [0.1, 0.15) is 0 Å². The predicted octanol–water partition coefficient (Wildman–Crippen LogP) is 5.65. The Morgan fingerprint density at radius 3 is 2.82 bits per heavy atom. The van der Waals surface area contributed by atoms with E-state index in [2.05, 4.69) is 33.3 Å². The number of thiazole rings is 1. The molecular weight excluding hydrogens is 486 g/mol. The van der Waals surface area contributed by atoms with Crippen molar-refractivity contribution in [3.8, 4) is 10.8 Å². The molecule has 0 radical (unpaired) electrons. The summed E-state index contributed by atoms with van der Waals surface area (Å²) in [6.07, 6.45) is 2.69. The topological polar surface area (TPSA) is 63.9 Å². The lowest BCUT2D eigenvalue weighted by Gasteiger charge is -2.29. The van der Waals surface area contributed by atoms with E-state index in [1.54, 1.807) is 23.1 Å². The Morgan fingerprint density at radius 2 is 2.00 bits per heavy atom. The highest BCUT2D eigenvalue weighted by molar-refractivity contribution is 7.99. The van der Waals surface area contributed by atoms with Crippen LogP contribution in [0.3, 0.4) is 0 Å². The van der Waals surface area contributed by atoms with Crippen molar-refractivity contribution in [2.45, 2.75) is 37.9 Å². The Morgan fingerprint density at radius 1 is 1.15 bits per heavy atom. The van der Waals surface area contributed by atoms with Crippen LogP contribution in [0.2, 0.25) is 0 Å². The molecule has 2 aromatic carbocycles. The quantitative estimate of drug-likeness (QED) is 0.172. The number of hydrogen-bond acceptors (Lipinski definition) is 7. The molecule has 1 aliphatic heterocycles. The molecule has 0 amide bonds. The highest BCUT2D eigenvalue weighted by atomic mass is 35.5. The van der Waals surface area contributed by atoms with Gasteiger partial charge in [-0.05, 0) is 48.7 Å². The van der Waals surface area contributed by atoms with Gasteiger partial charge in [0.25, 0.3) is 0 Å². The van der Waals surface area contributed by atoms with Gasteiger partial charge in [-0.2, -0.15) is 0 Å². The maximum atomic E-state index is 12.1. The molecule has 1 aliphatic rings. The first kappa shape index (κ1) is 24.9. The van der Waals surface area contributed by atoms with E-state index in [1.807, 2.05) is 42.8 Å². The Bertz CT molecular complexity index is 1270. The average Bonchev–Trinajstić information content (AvgIpc) is 3.43. The van der Waals surface area contributed by atoms with Crippen molar-refractivity contribution in [1.82, 2.24) is 24.6 Å². The molecule has 2 aromatic heterocycles. The Hall–Kier alpha value is -2.26. The summed E-state index contributed by atoms with van der Waals surface area (Å²) in [7, 11) is 2.01. The largest absolute Gasteiger partial charge is 0.303 e. The van der Waals surface area contributed by atoms with Gasteiger partial charge in [-0.25, -0.2) is 4.98 Å². The zero-order valence-electron chi connectivity index (χ0n) is 19.4. The van der Waals surface area contributed by atoms with Gasteiger partial charge in [0.2, 0.25) is 0 Å². The van der Waals surface area contributed by atoms with E-state index >= 15 is 0 Å². The molecule has 4 aromatic rings. The third-order valence-corrected chi connectivity index (χ3v) is 8.25. The molecule has 5 rings (SSSR count). The fourth-order valence-electron chi connectivity index (χ4n) is 4.23. The Kier molecular flexibility index (Phi) is 8.03. The number of aromatic nitrogens is 4. The van der Waals surface area contributed by atoms with Crippen molar-refractivity contribution >= 4 is 51.5 Å². The van der Waals surface area contributed by atoms with Crippen molar-refractivity contribution in [2.75, 3.05) is 18.8 Å². The van der Waals surface area contributed by atoms with E-state index in [1.165, 1.54) is 15.8 Å². The predicted molar refractivity (Wildman–Crippen MR) is 142 cm³/mol. The van der Waals surface area contributed by atoms with Crippen LogP contribution in [0.25, 0.3) is 21.0 Å². The van der Waals surface area contributed by atoms with Gasteiger partial charge in [-0.3, -0.25) is 9.69 Å². The minimum Gasteiger partial charge on any atom is -0.303 e. The molecule has 0 spiro atoms. The van der Waals surface area contributed by atoms with Gasteiger partial charge in [0.15, 0.2) is 21.8 Å². The summed E-state index contributed by atoms with van der Waals surface area (Å²) < 4.78 is 3.21. The number of halogens is 1. The molecule has 0 saturated heterocycles. The molecule has 0 aliphatic carbocycles. The molecule has 0 atom stereocenters. The number of fused-ring (bicyclic) bond motifs is 2. The van der Waals surface area contributed by atoms with Crippen molar-refractivity contribution in [3.05, 3.63) is 59.2 Å². The van der Waals surface area contributed by atoms with Crippen LogP contribution in [0.1, 0.15) is 41.3 Å². The number of para-hydroxylation sites is 1. The summed E-state index contributed by atoms with van der Waals surface area (Å²) in [6.45, 7) is 4.97. The van der Waals surface area contributed by atoms with Crippen LogP contribution in [-0.4, -0.2) is 49.3 Å². The monoisotopic (exact) mass is 513 g/mol. The third kappa shape index (κ3) is 5.20. The van der Waals surface area contributed by atoms with Gasteiger partial charge < -0.3 is 4.57 Å². The molecule has 0 fully saturated rings. The van der Waals surface area contributed by atoms with Crippen LogP contribution < -0.4 is 0 Å². The first-order valence-electron chi connectivity index (χ1n) is 11.4. The fourth-order valence-corrected chi connectivity index (χ4v) is 6.05. The van der Waals surface area contributed by atoms with Crippen molar-refractivity contribution < 1.29 is 4.79 Å². The molecule has 3 heterocycles. The number of thioether (sulfide) groups is 1. The fraction of sp³-hybridized carbons (Fsp3) is 0.360. The van der Waals surface area contributed by atoms with Crippen molar-refractivity contribution in [1.29, 1.82) is 0 Å². The van der Waals surface area contributed by atoms with Crippen LogP contribution in [0.5, 0.6) is 0 Å². The first-order valence-corrected chi connectivity index (χ1v) is 13.2. The van der Waals surface area contributed by atoms with Gasteiger partial charge in [0.05, 0.1) is 10.2 Å². The number of rotatable bonds is 8. The van der Waals surface area contributed by atoms with Crippen LogP contribution in [0, 0.1) is 0 Å². The smallest absolute Gasteiger partial charge is 0.193 e. The first-order chi connectivity index (χ1) is 16.1. The summed E-state index contributed by atoms with van der Waals surface area (Å²) in [6, 6.07) is 14.4. The molecule has 0 bridgehead atoms. The van der Waals surface area contributed by atoms with E-state index in [-0.39, 0.29) is 18.2 Å². The highest BCUT2D eigenvalue weighted by Gasteiger charge is 2.18. The third-order valence-electron chi connectivity index (χ3n) is 6.11. The second-order valence-electron chi connectivity index (χ2n) is 8.34. The summed E-state index contributed by atoms with van der Waals surface area (Å²) in [5.74, 6) is 2.03. The van der Waals surface area contributed by atoms with Crippen LogP contribution in [0.4, 0.5) is 0 Å². The second kappa shape index (κ2) is 11.0. The number of carbonyl (C=O) groups excluding carboxylic acids is 1. The van der Waals surface area contributed by atoms with Gasteiger partial charge in [0, 0.05) is 37.9 Å². The van der Waals surface area contributed by atoms with Crippen LogP contribution in [-0.2, 0) is 20.0 Å². The maximum Gasteiger partial charge on any atom is 0.193 e. The molecular formula is C25H28ClN5OS2. The zero-order chi connectivity index (χ0) is 22.8. The van der Waals surface area contributed by atoms with E-state index in [0.29, 0.717) is 6.42 Å². The number of carbonyl (C=O) groups is 1. The normalized spacial score (nSPS) is 13.6. The van der Waals surface area contributed by atoms with Crippen molar-refractivity contribution in [2.24, 2.45) is 7.05 Å². The lowest BCUT2D eigenvalue weighted by molar-refractivity contribution is 0.0988. The number of Topliss-reactive ketones (excluding diaryl/α,β-unsaturated/α-hetero) is 1. The molecule has 9 heteroatoms. The van der Waals surface area contributed by atoms with Crippen molar-refractivity contribution in [3.63, 3.8) is 0 Å². The lowest BCUT2D eigenvalue weighted by Crippen LogP contribution is -2.31. The van der Waals surface area contributed by atoms with E-state index in [0.717, 1.165) is 65.3 Å². The summed E-state index contributed by atoms with van der Waals surface area (Å²) in [5.41, 5.74) is 4.54. The summed E-state index contributed by atoms with van der Waals surface area (Å²) >= 11 is 3.40. The van der Waals surface area contributed by atoms with Gasteiger partial charge in [-0.1, -0.05) is 43.0 Å². The standard InChI is InChI=1S/C25H27N5OS2.ClH/c1-3-21(31)18-10-9-17-11-13-30(16-19(17)15-18)12-6-14-32-25-28-27-23(29(25)2)24-26-20-7-4-5-8-22(20)33-24;/h4-5,7-10,15H,3,6,11-14,16H2,1-2H3;1H. The Balaban J connectivity index is 0.00000274. The molecule has 178 valence electrons. The molecule has 0 unspecified atom stereocenters. The number of hydrogen-bond donors (Lipinski definition) is 0. The maximum absolute atomic E-state index is 12.1. The van der Waals surface area contributed by atoms with E-state index in [4.69, 9.17) is 4.98 Å². The SMILES string of the molecule is CCC(=O)c1ccc2c(c1)CN(CCCSc1nnc(-c3nc4ccccc4s3)n1C)CC2.Cl. The zero-order valence-corrected chi connectivity index (χ0v) is 21.8. The molecule has 6 nitrogen and oxygen atoms in total. The molecule has 0 saturated carbocycles. The number of ketones is 1. The minimum atomic E-state index is 0. The number of nitrogens with zero attached hydrogens (tertiary/aromatic N) is 5. The summed E-state index contributed by atoms with van der Waals surface area (Å²) in [5, 5.41) is 10.6. The highest BCUT2D eigenvalue weighted by Crippen LogP contribution is 2.30. The average molecular weight is 514 g/mol. The Labute approximate surface area is 214 Å². The van der Waals surface area contributed by atoms with Crippen LogP contribution in [0.15, 0.2) is 47.6 Å². The summed E-state index contributed by atoms with van der Waals surface area (Å²) in [4.78, 5) is 19.3. The molecule has 0 N–H and O–H groups in total. The minimum absolute atomic E-state index is 0. The second-order valence-corrected chi connectivity index (χ2v) is 10.4. The molecule has 34 heavy (non-hydrogen) atoms.